The summed E-state index contributed by atoms with van der Waals surface area (Å²) in [5.41, 5.74) is 10.2. The Labute approximate surface area is 277 Å². The van der Waals surface area contributed by atoms with Gasteiger partial charge in [-0.05, 0) is 90.5 Å². The predicted molar refractivity (Wildman–Crippen MR) is 203 cm³/mol. The fourth-order valence-corrected chi connectivity index (χ4v) is 7.51. The van der Waals surface area contributed by atoms with Crippen molar-refractivity contribution in [2.75, 3.05) is 0 Å². The van der Waals surface area contributed by atoms with Crippen LogP contribution >= 0.6 is 0 Å². The van der Waals surface area contributed by atoms with Crippen LogP contribution in [-0.2, 0) is 0 Å². The van der Waals surface area contributed by atoms with E-state index in [0.717, 1.165) is 32.7 Å². The lowest BCUT2D eigenvalue weighted by Crippen LogP contribution is -1.93. The van der Waals surface area contributed by atoms with Crippen LogP contribution in [0.5, 0.6) is 0 Å². The van der Waals surface area contributed by atoms with Gasteiger partial charge in [-0.3, -0.25) is 4.98 Å². The van der Waals surface area contributed by atoms with Crippen molar-refractivity contribution in [2.45, 2.75) is 0 Å². The zero-order valence-corrected chi connectivity index (χ0v) is 26.1. The van der Waals surface area contributed by atoms with E-state index in [2.05, 4.69) is 158 Å². The second kappa shape index (κ2) is 10.6. The molecule has 222 valence electrons. The highest BCUT2D eigenvalue weighted by Gasteiger charge is 2.17. The van der Waals surface area contributed by atoms with Crippen LogP contribution in [0.1, 0.15) is 0 Å². The number of para-hydroxylation sites is 1. The zero-order chi connectivity index (χ0) is 31.6. The molecule has 8 aromatic carbocycles. The fourth-order valence-electron chi connectivity index (χ4n) is 7.51. The first kappa shape index (κ1) is 26.8. The molecule has 0 bridgehead atoms. The molecule has 0 aliphatic rings. The molecule has 0 saturated heterocycles. The van der Waals surface area contributed by atoms with Gasteiger partial charge >= 0.3 is 0 Å². The van der Waals surface area contributed by atoms with Crippen molar-refractivity contribution >= 4 is 65.0 Å². The van der Waals surface area contributed by atoms with Gasteiger partial charge in [0.2, 0.25) is 0 Å². The quantitative estimate of drug-likeness (QED) is 0.147. The predicted octanol–water partition coefficient (Wildman–Crippen LogP) is 12.4. The van der Waals surface area contributed by atoms with Crippen LogP contribution in [0.3, 0.4) is 0 Å². The molecule has 48 heavy (non-hydrogen) atoms. The first-order valence-electron chi connectivity index (χ1n) is 16.4. The van der Waals surface area contributed by atoms with Crippen LogP contribution in [-0.4, -0.2) is 9.97 Å². The summed E-state index contributed by atoms with van der Waals surface area (Å²) in [6, 6.07) is 59.3. The van der Waals surface area contributed by atoms with Gasteiger partial charge < -0.3 is 0 Å². The number of nitrogens with zero attached hydrogens (tertiary/aromatic N) is 2. The molecule has 2 aromatic heterocycles. The Kier molecular flexibility index (Phi) is 5.91. The summed E-state index contributed by atoms with van der Waals surface area (Å²) in [7, 11) is 0. The van der Waals surface area contributed by atoms with Crippen molar-refractivity contribution in [1.82, 2.24) is 9.97 Å². The Morgan fingerprint density at radius 2 is 0.896 bits per heavy atom. The monoisotopic (exact) mass is 608 g/mol. The second-order valence-electron chi connectivity index (χ2n) is 12.6. The lowest BCUT2D eigenvalue weighted by Gasteiger charge is -2.17. The number of rotatable bonds is 3. The van der Waals surface area contributed by atoms with Gasteiger partial charge in [0.05, 0.1) is 16.6 Å². The van der Waals surface area contributed by atoms with Gasteiger partial charge in [0.25, 0.3) is 0 Å². The molecule has 0 aliphatic heterocycles. The molecule has 10 rings (SSSR count). The lowest BCUT2D eigenvalue weighted by atomic mass is 9.88. The summed E-state index contributed by atoms with van der Waals surface area (Å²) < 4.78 is 0. The van der Waals surface area contributed by atoms with E-state index in [9.17, 15) is 0 Å². The number of hydrogen-bond acceptors (Lipinski definition) is 2. The van der Waals surface area contributed by atoms with E-state index in [1.807, 2.05) is 12.3 Å². The van der Waals surface area contributed by atoms with Gasteiger partial charge in [-0.2, -0.15) is 0 Å². The molecular weight excluding hydrogens is 581 g/mol. The largest absolute Gasteiger partial charge is 0.254 e. The van der Waals surface area contributed by atoms with Crippen LogP contribution in [0.25, 0.3) is 98.4 Å². The minimum Gasteiger partial charge on any atom is -0.254 e. The van der Waals surface area contributed by atoms with Crippen molar-refractivity contribution in [3.05, 3.63) is 170 Å². The molecule has 2 heteroatoms. The van der Waals surface area contributed by atoms with E-state index in [0.29, 0.717) is 0 Å². The molecule has 2 nitrogen and oxygen atoms in total. The molecule has 0 spiro atoms. The Hall–Kier alpha value is -6.38. The summed E-state index contributed by atoms with van der Waals surface area (Å²) in [5, 5.41) is 10.8. The van der Waals surface area contributed by atoms with Crippen LogP contribution in [0, 0.1) is 0 Å². The maximum Gasteiger partial charge on any atom is 0.0978 e. The van der Waals surface area contributed by atoms with Crippen LogP contribution in [0.15, 0.2) is 170 Å². The summed E-state index contributed by atoms with van der Waals surface area (Å²) >= 11 is 0. The zero-order valence-electron chi connectivity index (χ0n) is 26.1. The number of benzene rings is 8. The molecule has 0 atom stereocenters. The van der Waals surface area contributed by atoms with E-state index >= 15 is 0 Å². The molecule has 0 fully saturated rings. The standard InChI is InChI=1S/C46H28N2/c1-2-9-31-26-32(16-15-29(31)8-1)33-17-18-35-28-36(20-19-34(35)27-33)37-23-24-40(39-12-4-3-11-38(37)39)44-41-13-5-6-14-43(41)48-46-42(44)22-21-30-10-7-25-47-45(30)46/h1-28H. The Bertz CT molecular complexity index is 2900. The molecule has 0 saturated carbocycles. The van der Waals surface area contributed by atoms with Gasteiger partial charge in [-0.15, -0.1) is 0 Å². The maximum atomic E-state index is 5.14. The number of fused-ring (bicyclic) bond motifs is 7. The van der Waals surface area contributed by atoms with E-state index in [4.69, 9.17) is 9.97 Å². The summed E-state index contributed by atoms with van der Waals surface area (Å²) in [5.74, 6) is 0. The maximum absolute atomic E-state index is 5.14. The number of pyridine rings is 2. The van der Waals surface area contributed by atoms with E-state index in [-0.39, 0.29) is 0 Å². The summed E-state index contributed by atoms with van der Waals surface area (Å²) in [6.07, 6.45) is 1.86. The third-order valence-corrected chi connectivity index (χ3v) is 9.85. The molecule has 0 unspecified atom stereocenters. The van der Waals surface area contributed by atoms with Gasteiger partial charge in [0, 0.05) is 27.9 Å². The molecule has 0 radical (unpaired) electrons. The highest BCUT2D eigenvalue weighted by molar-refractivity contribution is 6.20. The second-order valence-corrected chi connectivity index (χ2v) is 12.6. The lowest BCUT2D eigenvalue weighted by molar-refractivity contribution is 1.40. The van der Waals surface area contributed by atoms with Crippen molar-refractivity contribution < 1.29 is 0 Å². The van der Waals surface area contributed by atoms with E-state index in [1.165, 1.54) is 65.7 Å². The van der Waals surface area contributed by atoms with Crippen LogP contribution < -0.4 is 0 Å². The minimum absolute atomic E-state index is 0.933. The van der Waals surface area contributed by atoms with E-state index < -0.39 is 0 Å². The third kappa shape index (κ3) is 4.20. The topological polar surface area (TPSA) is 25.8 Å². The molecule has 0 aliphatic carbocycles. The number of hydrogen-bond donors (Lipinski definition) is 0. The highest BCUT2D eigenvalue weighted by Crippen LogP contribution is 2.43. The molecule has 0 N–H and O–H groups in total. The Morgan fingerprint density at radius 1 is 0.333 bits per heavy atom. The summed E-state index contributed by atoms with van der Waals surface area (Å²) in [6.45, 7) is 0. The van der Waals surface area contributed by atoms with Crippen molar-refractivity contribution in [3.63, 3.8) is 0 Å². The molecule has 10 aromatic rings. The highest BCUT2D eigenvalue weighted by atomic mass is 14.7. The average molecular weight is 609 g/mol. The Morgan fingerprint density at radius 3 is 1.71 bits per heavy atom. The van der Waals surface area contributed by atoms with Crippen molar-refractivity contribution in [3.8, 4) is 33.4 Å². The van der Waals surface area contributed by atoms with Crippen LogP contribution in [0.2, 0.25) is 0 Å². The molecule has 2 heterocycles. The Balaban J connectivity index is 1.14. The average Bonchev–Trinajstić information content (AvgIpc) is 3.16. The van der Waals surface area contributed by atoms with Gasteiger partial charge in [-0.25, -0.2) is 4.98 Å². The van der Waals surface area contributed by atoms with Crippen LogP contribution in [0.4, 0.5) is 0 Å². The SMILES string of the molecule is c1ccc2cc(-c3ccc4cc(-c5ccc(-c6c7ccccc7nc7c6ccc6cccnc67)c6ccccc56)ccc4c3)ccc2c1. The van der Waals surface area contributed by atoms with Gasteiger partial charge in [-0.1, -0.05) is 133 Å². The third-order valence-electron chi connectivity index (χ3n) is 9.85. The summed E-state index contributed by atoms with van der Waals surface area (Å²) in [4.78, 5) is 9.91. The van der Waals surface area contributed by atoms with Gasteiger partial charge in [0.15, 0.2) is 0 Å². The smallest absolute Gasteiger partial charge is 0.0978 e. The molecular formula is C46H28N2. The van der Waals surface area contributed by atoms with Gasteiger partial charge in [0.1, 0.15) is 0 Å². The normalized spacial score (nSPS) is 11.8. The first-order valence-corrected chi connectivity index (χ1v) is 16.4. The minimum atomic E-state index is 0.933. The van der Waals surface area contributed by atoms with E-state index in [1.54, 1.807) is 0 Å². The number of aromatic nitrogens is 2. The first-order chi connectivity index (χ1) is 23.8. The fraction of sp³-hybridized carbons (Fsp3) is 0. The van der Waals surface area contributed by atoms with Crippen molar-refractivity contribution in [1.29, 1.82) is 0 Å². The van der Waals surface area contributed by atoms with Crippen molar-refractivity contribution in [2.24, 2.45) is 0 Å². The molecule has 0 amide bonds.